The molecule has 0 aromatic carbocycles. The van der Waals surface area contributed by atoms with Crippen LogP contribution in [-0.2, 0) is 6.42 Å². The van der Waals surface area contributed by atoms with Crippen LogP contribution in [0.25, 0.3) is 0 Å². The van der Waals surface area contributed by atoms with Crippen LogP contribution in [0.2, 0.25) is 5.15 Å². The lowest BCUT2D eigenvalue weighted by atomic mass is 10.2. The zero-order valence-corrected chi connectivity index (χ0v) is 10.8. The third-order valence-corrected chi connectivity index (χ3v) is 2.60. The molecule has 1 aromatic heterocycles. The third-order valence-electron chi connectivity index (χ3n) is 2.41. The highest BCUT2D eigenvalue weighted by molar-refractivity contribution is 6.29. The first kappa shape index (κ1) is 13.5. The monoisotopic (exact) mass is 250 g/mol. The number of amides is 1. The molecule has 1 rings (SSSR count). The molecule has 0 N–H and O–H groups in total. The maximum Gasteiger partial charge on any atom is 0.254 e. The lowest BCUT2D eigenvalue weighted by Crippen LogP contribution is -2.31. The van der Waals surface area contributed by atoms with E-state index in [0.717, 1.165) is 12.1 Å². The highest BCUT2D eigenvalue weighted by Crippen LogP contribution is 2.13. The Bertz CT molecular complexity index is 451. The molecule has 4 heteroatoms. The molecule has 0 radical (unpaired) electrons. The predicted octanol–water partition coefficient (Wildman–Crippen LogP) is 2.39. The zero-order chi connectivity index (χ0) is 12.8. The standard InChI is InChI=1S/C13H15ClN2O/c1-4-7-16(6-3)13(17)10-8-11(5-2)15-12(14)9-10/h1,8-9H,5-7H2,2-3H3. The summed E-state index contributed by atoms with van der Waals surface area (Å²) in [6, 6.07) is 3.33. The van der Waals surface area contributed by atoms with Crippen molar-refractivity contribution in [3.05, 3.63) is 28.5 Å². The van der Waals surface area contributed by atoms with Crippen LogP contribution in [0.15, 0.2) is 12.1 Å². The Balaban J connectivity index is 3.03. The molecule has 17 heavy (non-hydrogen) atoms. The van der Waals surface area contributed by atoms with Crippen molar-refractivity contribution >= 4 is 17.5 Å². The Kier molecular flexibility index (Phi) is 4.99. The maximum absolute atomic E-state index is 12.1. The molecule has 1 heterocycles. The second kappa shape index (κ2) is 6.27. The number of nitrogens with zero attached hydrogens (tertiary/aromatic N) is 2. The molecule has 0 saturated heterocycles. The van der Waals surface area contributed by atoms with Gasteiger partial charge in [-0.05, 0) is 25.5 Å². The van der Waals surface area contributed by atoms with E-state index >= 15 is 0 Å². The number of aryl methyl sites for hydroxylation is 1. The number of pyridine rings is 1. The van der Waals surface area contributed by atoms with Gasteiger partial charge < -0.3 is 4.90 Å². The van der Waals surface area contributed by atoms with Gasteiger partial charge in [-0.25, -0.2) is 4.98 Å². The van der Waals surface area contributed by atoms with Crippen LogP contribution in [0.4, 0.5) is 0 Å². The predicted molar refractivity (Wildman–Crippen MR) is 69.0 cm³/mol. The highest BCUT2D eigenvalue weighted by atomic mass is 35.5. The van der Waals surface area contributed by atoms with E-state index < -0.39 is 0 Å². The summed E-state index contributed by atoms with van der Waals surface area (Å²) in [5.74, 6) is 2.36. The smallest absolute Gasteiger partial charge is 0.254 e. The Hall–Kier alpha value is -1.53. The first-order chi connectivity index (χ1) is 8.12. The minimum absolute atomic E-state index is 0.107. The fourth-order valence-electron chi connectivity index (χ4n) is 1.48. The Labute approximate surface area is 107 Å². The van der Waals surface area contributed by atoms with Gasteiger partial charge in [0.05, 0.1) is 6.54 Å². The van der Waals surface area contributed by atoms with E-state index in [9.17, 15) is 4.79 Å². The van der Waals surface area contributed by atoms with E-state index in [1.54, 1.807) is 17.0 Å². The van der Waals surface area contributed by atoms with Crippen molar-refractivity contribution in [2.45, 2.75) is 20.3 Å². The normalized spacial score (nSPS) is 9.76. The molecule has 0 saturated carbocycles. The number of hydrogen-bond donors (Lipinski definition) is 0. The van der Waals surface area contributed by atoms with Crippen molar-refractivity contribution in [2.24, 2.45) is 0 Å². The molecule has 0 bridgehead atoms. The van der Waals surface area contributed by atoms with Gasteiger partial charge in [-0.15, -0.1) is 6.42 Å². The zero-order valence-electron chi connectivity index (χ0n) is 10.0. The molecular weight excluding hydrogens is 236 g/mol. The molecule has 0 aliphatic heterocycles. The summed E-state index contributed by atoms with van der Waals surface area (Å²) in [4.78, 5) is 17.8. The van der Waals surface area contributed by atoms with Gasteiger partial charge in [-0.1, -0.05) is 24.4 Å². The lowest BCUT2D eigenvalue weighted by Gasteiger charge is -2.18. The van der Waals surface area contributed by atoms with Gasteiger partial charge in [0.1, 0.15) is 5.15 Å². The molecule has 0 atom stereocenters. The summed E-state index contributed by atoms with van der Waals surface area (Å²) in [5, 5.41) is 0.337. The molecule has 0 unspecified atom stereocenters. The number of carbonyl (C=O) groups is 1. The van der Waals surface area contributed by atoms with Gasteiger partial charge >= 0.3 is 0 Å². The SMILES string of the molecule is C#CCN(CC)C(=O)c1cc(Cl)nc(CC)c1. The van der Waals surface area contributed by atoms with Crippen molar-refractivity contribution in [1.29, 1.82) is 0 Å². The number of hydrogen-bond acceptors (Lipinski definition) is 2. The van der Waals surface area contributed by atoms with E-state index in [2.05, 4.69) is 10.9 Å². The van der Waals surface area contributed by atoms with Crippen LogP contribution in [0, 0.1) is 12.3 Å². The van der Waals surface area contributed by atoms with Gasteiger partial charge in [-0.3, -0.25) is 4.79 Å². The van der Waals surface area contributed by atoms with E-state index in [1.807, 2.05) is 13.8 Å². The summed E-state index contributed by atoms with van der Waals surface area (Å²) >= 11 is 5.88. The summed E-state index contributed by atoms with van der Waals surface area (Å²) in [6.07, 6.45) is 5.96. The average molecular weight is 251 g/mol. The van der Waals surface area contributed by atoms with E-state index in [-0.39, 0.29) is 5.91 Å². The maximum atomic E-state index is 12.1. The van der Waals surface area contributed by atoms with Crippen molar-refractivity contribution in [1.82, 2.24) is 9.88 Å². The molecule has 1 aromatic rings. The first-order valence-corrected chi connectivity index (χ1v) is 5.89. The van der Waals surface area contributed by atoms with Crippen molar-refractivity contribution in [3.63, 3.8) is 0 Å². The van der Waals surface area contributed by atoms with Crippen LogP contribution in [0.1, 0.15) is 29.9 Å². The van der Waals surface area contributed by atoms with Gasteiger partial charge in [-0.2, -0.15) is 0 Å². The van der Waals surface area contributed by atoms with Crippen LogP contribution in [-0.4, -0.2) is 28.9 Å². The third kappa shape index (κ3) is 3.47. The van der Waals surface area contributed by atoms with Gasteiger partial charge in [0, 0.05) is 17.8 Å². The Morgan fingerprint density at radius 1 is 1.53 bits per heavy atom. The first-order valence-electron chi connectivity index (χ1n) is 5.51. The Morgan fingerprint density at radius 2 is 2.24 bits per heavy atom. The average Bonchev–Trinajstić information content (AvgIpc) is 2.34. The molecule has 0 aliphatic rings. The quantitative estimate of drug-likeness (QED) is 0.607. The number of terminal acetylenes is 1. The molecular formula is C13H15ClN2O. The largest absolute Gasteiger partial charge is 0.328 e. The molecule has 0 aliphatic carbocycles. The lowest BCUT2D eigenvalue weighted by molar-refractivity contribution is 0.0784. The second-order valence-corrected chi connectivity index (χ2v) is 3.93. The second-order valence-electron chi connectivity index (χ2n) is 3.55. The van der Waals surface area contributed by atoms with Gasteiger partial charge in [0.25, 0.3) is 5.91 Å². The molecule has 1 amide bonds. The molecule has 0 fully saturated rings. The Morgan fingerprint density at radius 3 is 2.76 bits per heavy atom. The van der Waals surface area contributed by atoms with E-state index in [1.165, 1.54) is 0 Å². The summed E-state index contributed by atoms with van der Waals surface area (Å²) in [5.41, 5.74) is 1.34. The highest BCUT2D eigenvalue weighted by Gasteiger charge is 2.14. The van der Waals surface area contributed by atoms with E-state index in [4.69, 9.17) is 18.0 Å². The minimum atomic E-state index is -0.107. The molecule has 3 nitrogen and oxygen atoms in total. The molecule has 90 valence electrons. The van der Waals surface area contributed by atoms with Gasteiger partial charge in [0.15, 0.2) is 0 Å². The molecule has 0 spiro atoms. The number of aromatic nitrogens is 1. The number of rotatable bonds is 4. The number of halogens is 1. The summed E-state index contributed by atoms with van der Waals surface area (Å²) in [6.45, 7) is 4.73. The van der Waals surface area contributed by atoms with Gasteiger partial charge in [0.2, 0.25) is 0 Å². The minimum Gasteiger partial charge on any atom is -0.328 e. The van der Waals surface area contributed by atoms with Crippen molar-refractivity contribution in [3.8, 4) is 12.3 Å². The van der Waals surface area contributed by atoms with E-state index in [0.29, 0.717) is 23.8 Å². The van der Waals surface area contributed by atoms with Crippen molar-refractivity contribution in [2.75, 3.05) is 13.1 Å². The topological polar surface area (TPSA) is 33.2 Å². The van der Waals surface area contributed by atoms with Crippen LogP contribution < -0.4 is 0 Å². The number of carbonyl (C=O) groups excluding carboxylic acids is 1. The summed E-state index contributed by atoms with van der Waals surface area (Å²) in [7, 11) is 0. The van der Waals surface area contributed by atoms with Crippen LogP contribution >= 0.6 is 11.6 Å². The van der Waals surface area contributed by atoms with Crippen molar-refractivity contribution < 1.29 is 4.79 Å². The fraction of sp³-hybridized carbons (Fsp3) is 0.385. The summed E-state index contributed by atoms with van der Waals surface area (Å²) < 4.78 is 0. The fourth-order valence-corrected chi connectivity index (χ4v) is 1.70. The van der Waals surface area contributed by atoms with Crippen LogP contribution in [0.3, 0.4) is 0 Å². The van der Waals surface area contributed by atoms with Crippen LogP contribution in [0.5, 0.6) is 0 Å².